The number of carbonyl (C=O) groups is 3. The number of hydrogen-bond donors (Lipinski definition) is 4. The SMILES string of the molecule is CC[C@]1(O)C(=O)CCc2c1cc1n(c2=O)Cc2cc3c(CN(C)C)c(O)ccc3nc2-1.CC[C@]1(O)C(=O)OCc2c1cc1n(c2=O)Cc2cc3c(C=O)c(O)ccc3nc2-1. The van der Waals surface area contributed by atoms with E-state index in [1.165, 1.54) is 10.6 Å². The molecule has 6 aromatic rings. The normalized spacial score (nSPS) is 19.5. The Morgan fingerprint density at radius 1 is 0.750 bits per heavy atom. The molecule has 0 amide bonds. The number of aromatic nitrogens is 4. The van der Waals surface area contributed by atoms with E-state index in [2.05, 4.69) is 4.98 Å². The van der Waals surface area contributed by atoms with E-state index in [-0.39, 0.29) is 77.5 Å². The van der Waals surface area contributed by atoms with E-state index in [1.54, 1.807) is 54.8 Å². The Morgan fingerprint density at radius 2 is 1.30 bits per heavy atom. The summed E-state index contributed by atoms with van der Waals surface area (Å²) in [4.78, 5) is 73.9. The number of esters is 1. The van der Waals surface area contributed by atoms with Crippen molar-refractivity contribution in [3.05, 3.63) is 114 Å². The molecule has 0 fully saturated rings. The summed E-state index contributed by atoms with van der Waals surface area (Å²) in [6.45, 7) is 4.40. The molecule has 1 aliphatic carbocycles. The second kappa shape index (κ2) is 13.8. The fourth-order valence-electron chi connectivity index (χ4n) is 9.15. The first kappa shape index (κ1) is 38.9. The van der Waals surface area contributed by atoms with E-state index in [9.17, 15) is 44.4 Å². The Balaban J connectivity index is 0.000000154. The van der Waals surface area contributed by atoms with Gasteiger partial charge in [-0.2, -0.15) is 0 Å². The number of hydrogen-bond acceptors (Lipinski definition) is 13. The van der Waals surface area contributed by atoms with Gasteiger partial charge in [0.15, 0.2) is 17.7 Å². The van der Waals surface area contributed by atoms with Crippen molar-refractivity contribution in [3.8, 4) is 34.3 Å². The highest BCUT2D eigenvalue weighted by molar-refractivity contribution is 6.00. The zero-order chi connectivity index (χ0) is 42.6. The van der Waals surface area contributed by atoms with E-state index < -0.39 is 17.2 Å². The summed E-state index contributed by atoms with van der Waals surface area (Å²) in [5, 5.41) is 43.6. The van der Waals surface area contributed by atoms with Crippen molar-refractivity contribution < 1.29 is 39.5 Å². The number of aldehydes is 1. The number of benzene rings is 2. The predicted octanol–water partition coefficient (Wildman–Crippen LogP) is 3.90. The number of rotatable bonds is 5. The van der Waals surface area contributed by atoms with Crippen molar-refractivity contribution in [2.45, 2.75) is 77.0 Å². The Morgan fingerprint density at radius 3 is 1.88 bits per heavy atom. The second-order valence-electron chi connectivity index (χ2n) is 16.1. The third-order valence-corrected chi connectivity index (χ3v) is 12.5. The number of cyclic esters (lactones) is 1. The van der Waals surface area contributed by atoms with Gasteiger partial charge in [0.25, 0.3) is 11.1 Å². The second-order valence-corrected chi connectivity index (χ2v) is 16.1. The van der Waals surface area contributed by atoms with Crippen LogP contribution in [0.15, 0.2) is 58.1 Å². The molecule has 0 unspecified atom stereocenters. The molecule has 0 bridgehead atoms. The van der Waals surface area contributed by atoms with Gasteiger partial charge in [0.05, 0.1) is 58.0 Å². The van der Waals surface area contributed by atoms with Crippen molar-refractivity contribution >= 4 is 39.8 Å². The number of phenolic OH excluding ortho intramolecular Hbond substituents is 2. The van der Waals surface area contributed by atoms with Crippen LogP contribution in [0.4, 0.5) is 0 Å². The average Bonchev–Trinajstić information content (AvgIpc) is 3.78. The van der Waals surface area contributed by atoms with Gasteiger partial charge in [0.1, 0.15) is 23.7 Å². The van der Waals surface area contributed by atoms with Gasteiger partial charge in [-0.25, -0.2) is 14.8 Å². The van der Waals surface area contributed by atoms with Crippen molar-refractivity contribution in [3.63, 3.8) is 0 Å². The fourth-order valence-corrected chi connectivity index (χ4v) is 9.15. The van der Waals surface area contributed by atoms with Crippen LogP contribution in [-0.2, 0) is 58.2 Å². The minimum atomic E-state index is -1.88. The van der Waals surface area contributed by atoms with Gasteiger partial charge < -0.3 is 39.2 Å². The highest BCUT2D eigenvalue weighted by atomic mass is 16.6. The van der Waals surface area contributed by atoms with Gasteiger partial charge in [-0.3, -0.25) is 19.2 Å². The third-order valence-electron chi connectivity index (χ3n) is 12.5. The standard InChI is InChI=1S/C24H25N3O4.C21H16N2O6/c1-4-24(31)17-10-19-22-13(11-27(19)23(30)14(17)5-8-21(24)29)9-15-16(12-26(2)3)20(28)7-6-18(15)25-22;1-2-21(28)14-6-16-18-10(7-23(16)19(26)13(14)9-29-20(21)27)5-11-12(8-24)17(25)4-3-15(11)22-18/h6-7,9-10,28,31H,4-5,8,11-12H2,1-3H3;3-6,8,25,28H,2,7,9H2,1H3/t24-;21-/m11/s1. The largest absolute Gasteiger partial charge is 0.508 e. The summed E-state index contributed by atoms with van der Waals surface area (Å²) < 4.78 is 8.26. The molecular weight excluding hydrogens is 771 g/mol. The summed E-state index contributed by atoms with van der Waals surface area (Å²) in [6, 6.07) is 13.6. The smallest absolute Gasteiger partial charge is 0.343 e. The van der Waals surface area contributed by atoms with Crippen LogP contribution in [0.1, 0.15) is 82.4 Å². The maximum atomic E-state index is 13.3. The average molecular weight is 812 g/mol. The number of carbonyl (C=O) groups excluding carboxylic acids is 3. The molecule has 15 heteroatoms. The van der Waals surface area contributed by atoms with Gasteiger partial charge >= 0.3 is 5.97 Å². The van der Waals surface area contributed by atoms with Gasteiger partial charge in [0, 0.05) is 57.1 Å². The number of ketones is 1. The maximum absolute atomic E-state index is 13.3. The van der Waals surface area contributed by atoms with Crippen LogP contribution in [0.3, 0.4) is 0 Å². The molecule has 2 atom stereocenters. The molecule has 7 heterocycles. The van der Waals surface area contributed by atoms with Gasteiger partial charge in [-0.1, -0.05) is 13.8 Å². The lowest BCUT2D eigenvalue weighted by molar-refractivity contribution is -0.172. The van der Waals surface area contributed by atoms with E-state index in [1.807, 2.05) is 25.1 Å². The minimum Gasteiger partial charge on any atom is -0.508 e. The van der Waals surface area contributed by atoms with Crippen LogP contribution in [0.2, 0.25) is 0 Å². The molecule has 4 aliphatic rings. The third kappa shape index (κ3) is 5.56. The molecular formula is C45H41N5O10. The summed E-state index contributed by atoms with van der Waals surface area (Å²) in [5.41, 5.74) is 3.55. The number of phenols is 2. The summed E-state index contributed by atoms with van der Waals surface area (Å²) in [7, 11) is 3.88. The van der Waals surface area contributed by atoms with Crippen molar-refractivity contribution in [1.29, 1.82) is 0 Å². The van der Waals surface area contributed by atoms with Crippen LogP contribution in [0.25, 0.3) is 44.6 Å². The number of pyridine rings is 4. The molecule has 4 N–H and O–H groups in total. The zero-order valence-corrected chi connectivity index (χ0v) is 33.3. The molecule has 60 heavy (non-hydrogen) atoms. The summed E-state index contributed by atoms with van der Waals surface area (Å²) >= 11 is 0. The molecule has 0 saturated carbocycles. The van der Waals surface area contributed by atoms with E-state index in [0.29, 0.717) is 76.2 Å². The highest BCUT2D eigenvalue weighted by Gasteiger charge is 2.46. The number of fused-ring (bicyclic) bond motifs is 10. The molecule has 2 aromatic carbocycles. The summed E-state index contributed by atoms with van der Waals surface area (Å²) in [5.74, 6) is -0.924. The van der Waals surface area contributed by atoms with Crippen LogP contribution >= 0.6 is 0 Å². The van der Waals surface area contributed by atoms with Crippen molar-refractivity contribution in [2.75, 3.05) is 14.1 Å². The fraction of sp³-hybridized carbons (Fsp3) is 0.311. The van der Waals surface area contributed by atoms with E-state index >= 15 is 0 Å². The predicted molar refractivity (Wildman–Crippen MR) is 219 cm³/mol. The van der Waals surface area contributed by atoms with Crippen LogP contribution in [-0.4, -0.2) is 76.6 Å². The van der Waals surface area contributed by atoms with Gasteiger partial charge in [-0.05, 0) is 81.9 Å². The van der Waals surface area contributed by atoms with Crippen LogP contribution < -0.4 is 11.1 Å². The zero-order valence-electron chi connectivity index (χ0n) is 33.3. The Labute approximate surface area is 341 Å². The summed E-state index contributed by atoms with van der Waals surface area (Å²) in [6.07, 6.45) is 1.40. The number of aliphatic hydroxyl groups is 2. The number of nitrogens with zero attached hydrogens (tertiary/aromatic N) is 5. The first-order valence-corrected chi connectivity index (χ1v) is 19.7. The molecule has 0 spiro atoms. The number of Topliss-reactive ketones (excluding diaryl/α,β-unsaturated/α-hetero) is 1. The van der Waals surface area contributed by atoms with Crippen LogP contribution in [0.5, 0.6) is 11.5 Å². The molecule has 0 radical (unpaired) electrons. The number of ether oxygens (including phenoxy) is 1. The lowest BCUT2D eigenvalue weighted by Crippen LogP contribution is -2.44. The Bertz CT molecular complexity index is 3040. The lowest BCUT2D eigenvalue weighted by atomic mass is 9.77. The highest BCUT2D eigenvalue weighted by Crippen LogP contribution is 2.42. The van der Waals surface area contributed by atoms with Gasteiger partial charge in [-0.15, -0.1) is 0 Å². The number of aromatic hydroxyl groups is 2. The lowest BCUT2D eigenvalue weighted by Gasteiger charge is -2.32. The maximum Gasteiger partial charge on any atom is 0.343 e. The Kier molecular flexibility index (Phi) is 8.93. The Hall–Kier alpha value is -6.55. The first-order valence-electron chi connectivity index (χ1n) is 19.7. The molecule has 306 valence electrons. The monoisotopic (exact) mass is 811 g/mol. The molecule has 10 rings (SSSR count). The molecule has 0 saturated heterocycles. The van der Waals surface area contributed by atoms with E-state index in [4.69, 9.17) is 9.72 Å². The molecule has 15 nitrogen and oxygen atoms in total. The molecule has 4 aromatic heterocycles. The van der Waals surface area contributed by atoms with Gasteiger partial charge in [0.2, 0.25) is 0 Å². The minimum absolute atomic E-state index is 0.0711. The van der Waals surface area contributed by atoms with Crippen molar-refractivity contribution in [2.24, 2.45) is 0 Å². The quantitative estimate of drug-likeness (QED) is 0.144. The topological polar surface area (TPSA) is 214 Å². The first-order chi connectivity index (χ1) is 28.6. The molecule has 3 aliphatic heterocycles. The van der Waals surface area contributed by atoms with Crippen molar-refractivity contribution in [1.82, 2.24) is 24.0 Å². The van der Waals surface area contributed by atoms with Crippen LogP contribution in [0, 0.1) is 0 Å². The van der Waals surface area contributed by atoms with E-state index in [0.717, 1.165) is 22.0 Å².